The van der Waals surface area contributed by atoms with Crippen molar-refractivity contribution in [3.8, 4) is 0 Å². The van der Waals surface area contributed by atoms with E-state index in [1.165, 1.54) is 6.08 Å². The summed E-state index contributed by atoms with van der Waals surface area (Å²) in [5.74, 6) is -0.870. The molecule has 2 aromatic carbocycles. The minimum Gasteiger partial charge on any atom is -0.387 e. The van der Waals surface area contributed by atoms with Gasteiger partial charge in [0, 0.05) is 0 Å². The van der Waals surface area contributed by atoms with Crippen LogP contribution in [0.5, 0.6) is 0 Å². The van der Waals surface area contributed by atoms with Crippen LogP contribution in [0, 0.1) is 0 Å². The molecule has 1 aliphatic heterocycles. The van der Waals surface area contributed by atoms with E-state index in [-0.39, 0.29) is 26.8 Å². The van der Waals surface area contributed by atoms with Crippen molar-refractivity contribution in [3.63, 3.8) is 0 Å². The third-order valence-corrected chi connectivity index (χ3v) is 5.71. The number of hydrogen-bond donors (Lipinski definition) is 2. The summed E-state index contributed by atoms with van der Waals surface area (Å²) < 4.78 is 34.0. The van der Waals surface area contributed by atoms with Crippen LogP contribution in [0.25, 0.3) is 0 Å². The Morgan fingerprint density at radius 1 is 1.00 bits per heavy atom. The van der Waals surface area contributed by atoms with Gasteiger partial charge in [-0.25, -0.2) is 0 Å². The minimum absolute atomic E-state index is 0.0288. The Kier molecular flexibility index (Phi) is 10.4. The lowest BCUT2D eigenvalue weighted by Gasteiger charge is -2.38. The molecule has 0 saturated carbocycles. The third-order valence-electron chi connectivity index (χ3n) is 5.71. The normalized spacial score (nSPS) is 20.7. The predicted octanol–water partition coefficient (Wildman–Crippen LogP) is 3.17. The maximum absolute atomic E-state index is 11.4. The van der Waals surface area contributed by atoms with Crippen LogP contribution in [0.15, 0.2) is 73.3 Å². The van der Waals surface area contributed by atoms with Crippen LogP contribution < -0.4 is 0 Å². The molecule has 0 spiro atoms. The summed E-state index contributed by atoms with van der Waals surface area (Å²) in [5.41, 5.74) is 0.0949. The molecule has 0 bridgehead atoms. The first-order valence-corrected chi connectivity index (χ1v) is 11.6. The van der Waals surface area contributed by atoms with Crippen molar-refractivity contribution in [2.45, 2.75) is 56.8 Å². The number of ether oxygens (including phenoxy) is 6. The Morgan fingerprint density at radius 3 is 2.09 bits per heavy atom. The summed E-state index contributed by atoms with van der Waals surface area (Å²) >= 11 is 0. The van der Waals surface area contributed by atoms with E-state index in [1.54, 1.807) is 13.8 Å². The van der Waals surface area contributed by atoms with Gasteiger partial charge in [-0.2, -0.15) is 0 Å². The fourth-order valence-corrected chi connectivity index (χ4v) is 3.74. The predicted molar refractivity (Wildman–Crippen MR) is 129 cm³/mol. The van der Waals surface area contributed by atoms with E-state index in [9.17, 15) is 10.2 Å². The average molecular weight is 489 g/mol. The van der Waals surface area contributed by atoms with Gasteiger partial charge in [0.15, 0.2) is 5.79 Å². The van der Waals surface area contributed by atoms with Crippen molar-refractivity contribution in [3.05, 3.63) is 84.4 Å². The largest absolute Gasteiger partial charge is 0.387 e. The number of rotatable bonds is 15. The van der Waals surface area contributed by atoms with Gasteiger partial charge in [-0.05, 0) is 25.0 Å². The first-order valence-electron chi connectivity index (χ1n) is 11.6. The second-order valence-corrected chi connectivity index (χ2v) is 8.83. The maximum atomic E-state index is 11.4. The molecular formula is C27H36O8. The first kappa shape index (κ1) is 27.4. The van der Waals surface area contributed by atoms with Crippen LogP contribution in [0.3, 0.4) is 0 Å². The molecule has 1 fully saturated rings. The molecule has 8 heteroatoms. The zero-order chi connectivity index (χ0) is 25.2. The van der Waals surface area contributed by atoms with Gasteiger partial charge in [0.2, 0.25) is 0 Å². The molecule has 1 heterocycles. The highest BCUT2D eigenvalue weighted by molar-refractivity contribution is 5.14. The molecule has 192 valence electrons. The Labute approximate surface area is 207 Å². The maximum Gasteiger partial charge on any atom is 0.163 e. The number of aliphatic hydroxyl groups excluding tert-OH is 1. The molecule has 4 atom stereocenters. The molecule has 0 radical (unpaired) electrons. The summed E-state index contributed by atoms with van der Waals surface area (Å²) in [6, 6.07) is 19.3. The average Bonchev–Trinajstić information content (AvgIpc) is 3.24. The Bertz CT molecular complexity index is 875. The van der Waals surface area contributed by atoms with Gasteiger partial charge in [-0.3, -0.25) is 0 Å². The Hall–Kier alpha value is -2.14. The zero-order valence-electron chi connectivity index (χ0n) is 20.4. The lowest BCUT2D eigenvalue weighted by Crippen LogP contribution is -2.58. The lowest BCUT2D eigenvalue weighted by molar-refractivity contribution is -0.225. The Balaban J connectivity index is 1.58. The Morgan fingerprint density at radius 2 is 1.57 bits per heavy atom. The standard InChI is InChI=1S/C27H36O8/c1-4-27(29,25(28)23-17-34-26(2,3)35-23)24(33-20-31-16-22-13-9-6-10-14-22)18-32-19-30-15-21-11-7-5-8-12-21/h4-14,23-25,28-29H,1,15-20H2,2-3H3/t23-,24-,25-,27-/m1/s1. The van der Waals surface area contributed by atoms with Crippen LogP contribution in [-0.4, -0.2) is 66.7 Å². The van der Waals surface area contributed by atoms with E-state index in [1.807, 2.05) is 60.7 Å². The zero-order valence-corrected chi connectivity index (χ0v) is 20.4. The van der Waals surface area contributed by atoms with Crippen LogP contribution in [0.1, 0.15) is 25.0 Å². The second kappa shape index (κ2) is 13.2. The summed E-state index contributed by atoms with van der Waals surface area (Å²) in [7, 11) is 0. The van der Waals surface area contributed by atoms with E-state index in [0.717, 1.165) is 11.1 Å². The minimum atomic E-state index is -1.90. The van der Waals surface area contributed by atoms with Crippen LogP contribution in [0.4, 0.5) is 0 Å². The highest BCUT2D eigenvalue weighted by Crippen LogP contribution is 2.31. The van der Waals surface area contributed by atoms with Gasteiger partial charge in [-0.15, -0.1) is 6.58 Å². The van der Waals surface area contributed by atoms with Gasteiger partial charge >= 0.3 is 0 Å². The van der Waals surface area contributed by atoms with E-state index in [2.05, 4.69) is 6.58 Å². The molecular weight excluding hydrogens is 452 g/mol. The SMILES string of the molecule is C=C[C@](O)([C@H](O)[C@H]1COC(C)(C)O1)[C@@H](COCOCc1ccccc1)OCOCc1ccccc1. The second-order valence-electron chi connectivity index (χ2n) is 8.83. The van der Waals surface area contributed by atoms with E-state index in [4.69, 9.17) is 28.4 Å². The molecule has 0 aromatic heterocycles. The van der Waals surface area contributed by atoms with Crippen LogP contribution >= 0.6 is 0 Å². The molecule has 2 aromatic rings. The van der Waals surface area contributed by atoms with Crippen LogP contribution in [-0.2, 0) is 41.6 Å². The third kappa shape index (κ3) is 8.20. The van der Waals surface area contributed by atoms with E-state index >= 15 is 0 Å². The van der Waals surface area contributed by atoms with Gasteiger partial charge < -0.3 is 38.6 Å². The van der Waals surface area contributed by atoms with Crippen molar-refractivity contribution in [1.29, 1.82) is 0 Å². The summed E-state index contributed by atoms with van der Waals surface area (Å²) in [6.07, 6.45) is -1.94. The molecule has 1 aliphatic rings. The molecule has 8 nitrogen and oxygen atoms in total. The van der Waals surface area contributed by atoms with Crippen molar-refractivity contribution < 1.29 is 38.6 Å². The van der Waals surface area contributed by atoms with E-state index < -0.39 is 29.7 Å². The van der Waals surface area contributed by atoms with Crippen LogP contribution in [0.2, 0.25) is 0 Å². The van der Waals surface area contributed by atoms with Gasteiger partial charge in [0.1, 0.15) is 37.5 Å². The summed E-state index contributed by atoms with van der Waals surface area (Å²) in [6.45, 7) is 7.79. The summed E-state index contributed by atoms with van der Waals surface area (Å²) in [5, 5.41) is 22.4. The molecule has 1 saturated heterocycles. The topological polar surface area (TPSA) is 95.8 Å². The smallest absolute Gasteiger partial charge is 0.163 e. The van der Waals surface area contributed by atoms with Crippen molar-refractivity contribution >= 4 is 0 Å². The summed E-state index contributed by atoms with van der Waals surface area (Å²) in [4.78, 5) is 0. The number of hydrogen-bond acceptors (Lipinski definition) is 8. The molecule has 2 N–H and O–H groups in total. The lowest BCUT2D eigenvalue weighted by atomic mass is 9.87. The van der Waals surface area contributed by atoms with Crippen molar-refractivity contribution in [1.82, 2.24) is 0 Å². The molecule has 0 aliphatic carbocycles. The molecule has 0 amide bonds. The van der Waals surface area contributed by atoms with Gasteiger partial charge in [0.05, 0.1) is 26.4 Å². The van der Waals surface area contributed by atoms with Gasteiger partial charge in [-0.1, -0.05) is 66.7 Å². The quantitative estimate of drug-likeness (QED) is 0.224. The fourth-order valence-electron chi connectivity index (χ4n) is 3.74. The molecule has 35 heavy (non-hydrogen) atoms. The highest BCUT2D eigenvalue weighted by atomic mass is 16.7. The highest BCUT2D eigenvalue weighted by Gasteiger charge is 2.49. The van der Waals surface area contributed by atoms with Crippen molar-refractivity contribution in [2.24, 2.45) is 0 Å². The fraction of sp³-hybridized carbons (Fsp3) is 0.481. The van der Waals surface area contributed by atoms with Crippen molar-refractivity contribution in [2.75, 3.05) is 26.8 Å². The number of benzene rings is 2. The molecule has 3 rings (SSSR count). The van der Waals surface area contributed by atoms with E-state index in [0.29, 0.717) is 13.2 Å². The monoisotopic (exact) mass is 488 g/mol. The first-order chi connectivity index (χ1) is 16.8. The molecule has 0 unspecified atom stereocenters. The number of aliphatic hydroxyl groups is 2. The van der Waals surface area contributed by atoms with Gasteiger partial charge in [0.25, 0.3) is 0 Å².